The molecular formula is C16H15BrO4. The van der Waals surface area contributed by atoms with E-state index in [2.05, 4.69) is 15.9 Å². The Balaban J connectivity index is 2.11. The number of carbonyl (C=O) groups excluding carboxylic acids is 1. The fourth-order valence-corrected chi connectivity index (χ4v) is 2.31. The normalized spacial score (nSPS) is 10.0. The Bertz CT molecular complexity index is 640. The van der Waals surface area contributed by atoms with Gasteiger partial charge in [-0.1, -0.05) is 34.1 Å². The van der Waals surface area contributed by atoms with Crippen molar-refractivity contribution in [3.8, 4) is 11.5 Å². The highest BCUT2D eigenvalue weighted by molar-refractivity contribution is 9.10. The van der Waals surface area contributed by atoms with E-state index in [4.69, 9.17) is 14.2 Å². The number of ether oxygens (including phenoxy) is 3. The summed E-state index contributed by atoms with van der Waals surface area (Å²) >= 11 is 3.32. The molecule has 0 fully saturated rings. The maximum absolute atomic E-state index is 12.0. The van der Waals surface area contributed by atoms with Crippen LogP contribution in [0.25, 0.3) is 0 Å². The molecule has 0 aliphatic carbocycles. The molecule has 110 valence electrons. The first-order valence-corrected chi connectivity index (χ1v) is 7.07. The third-order valence-corrected chi connectivity index (χ3v) is 3.40. The molecule has 0 spiro atoms. The molecule has 5 heteroatoms. The van der Waals surface area contributed by atoms with Crippen LogP contribution < -0.4 is 9.47 Å². The van der Waals surface area contributed by atoms with Crippen LogP contribution in [0.1, 0.15) is 15.9 Å². The Kier molecular flexibility index (Phi) is 5.22. The molecule has 0 heterocycles. The summed E-state index contributed by atoms with van der Waals surface area (Å²) in [5, 5.41) is 0. The molecule has 0 saturated carbocycles. The van der Waals surface area contributed by atoms with Gasteiger partial charge in [0.2, 0.25) is 0 Å². The molecule has 0 bridgehead atoms. The van der Waals surface area contributed by atoms with Crippen LogP contribution in [0.4, 0.5) is 0 Å². The predicted molar refractivity (Wildman–Crippen MR) is 82.8 cm³/mol. The molecule has 0 saturated heterocycles. The van der Waals surface area contributed by atoms with E-state index in [1.54, 1.807) is 38.5 Å². The van der Waals surface area contributed by atoms with Crippen molar-refractivity contribution in [2.75, 3.05) is 14.2 Å². The average molecular weight is 351 g/mol. The molecule has 0 atom stereocenters. The standard InChI is InChI=1S/C16H15BrO4/c1-19-14-8-4-6-12(15(14)20-2)10-21-16(18)11-5-3-7-13(17)9-11/h3-9H,10H2,1-2H3. The van der Waals surface area contributed by atoms with Crippen LogP contribution in [0.5, 0.6) is 11.5 Å². The van der Waals surface area contributed by atoms with Gasteiger partial charge in [-0.3, -0.25) is 0 Å². The van der Waals surface area contributed by atoms with E-state index in [0.29, 0.717) is 17.1 Å². The zero-order chi connectivity index (χ0) is 15.2. The molecule has 2 aromatic rings. The SMILES string of the molecule is COc1cccc(COC(=O)c2cccc(Br)c2)c1OC. The Hall–Kier alpha value is -2.01. The molecule has 0 unspecified atom stereocenters. The minimum atomic E-state index is -0.388. The summed E-state index contributed by atoms with van der Waals surface area (Å²) in [6.45, 7) is 0.117. The summed E-state index contributed by atoms with van der Waals surface area (Å²) in [5.41, 5.74) is 1.24. The second-order valence-electron chi connectivity index (χ2n) is 4.24. The first kappa shape index (κ1) is 15.4. The summed E-state index contributed by atoms with van der Waals surface area (Å²) in [6, 6.07) is 12.5. The van der Waals surface area contributed by atoms with Crippen molar-refractivity contribution in [1.29, 1.82) is 0 Å². The van der Waals surface area contributed by atoms with Crippen LogP contribution in [0, 0.1) is 0 Å². The van der Waals surface area contributed by atoms with E-state index >= 15 is 0 Å². The van der Waals surface area contributed by atoms with Crippen LogP contribution >= 0.6 is 15.9 Å². The predicted octanol–water partition coefficient (Wildman–Crippen LogP) is 3.82. The van der Waals surface area contributed by atoms with Crippen LogP contribution in [-0.2, 0) is 11.3 Å². The zero-order valence-electron chi connectivity index (χ0n) is 11.8. The van der Waals surface area contributed by atoms with Gasteiger partial charge in [-0.2, -0.15) is 0 Å². The van der Waals surface area contributed by atoms with Crippen molar-refractivity contribution >= 4 is 21.9 Å². The first-order chi connectivity index (χ1) is 10.2. The van der Waals surface area contributed by atoms with E-state index in [9.17, 15) is 4.79 Å². The van der Waals surface area contributed by atoms with Gasteiger partial charge in [-0.05, 0) is 24.3 Å². The highest BCUT2D eigenvalue weighted by Gasteiger charge is 2.13. The van der Waals surface area contributed by atoms with E-state index in [1.807, 2.05) is 18.2 Å². The Morgan fingerprint density at radius 3 is 2.52 bits per heavy atom. The number of methoxy groups -OCH3 is 2. The lowest BCUT2D eigenvalue weighted by Gasteiger charge is -2.12. The third kappa shape index (κ3) is 3.76. The van der Waals surface area contributed by atoms with Crippen molar-refractivity contribution in [3.63, 3.8) is 0 Å². The minimum Gasteiger partial charge on any atom is -0.493 e. The van der Waals surface area contributed by atoms with Crippen molar-refractivity contribution in [3.05, 3.63) is 58.1 Å². The number of benzene rings is 2. The van der Waals surface area contributed by atoms with Crippen LogP contribution in [0.2, 0.25) is 0 Å². The van der Waals surface area contributed by atoms with Gasteiger partial charge in [0.05, 0.1) is 19.8 Å². The van der Waals surface area contributed by atoms with Crippen molar-refractivity contribution in [2.24, 2.45) is 0 Å². The van der Waals surface area contributed by atoms with E-state index in [0.717, 1.165) is 10.0 Å². The Morgan fingerprint density at radius 1 is 1.10 bits per heavy atom. The molecule has 0 aromatic heterocycles. The van der Waals surface area contributed by atoms with Gasteiger partial charge in [0.15, 0.2) is 11.5 Å². The van der Waals surface area contributed by atoms with Gasteiger partial charge in [-0.25, -0.2) is 4.79 Å². The minimum absolute atomic E-state index is 0.117. The summed E-state index contributed by atoms with van der Waals surface area (Å²) < 4.78 is 16.7. The number of hydrogen-bond donors (Lipinski definition) is 0. The molecule has 0 aliphatic rings. The van der Waals surface area contributed by atoms with E-state index in [1.165, 1.54) is 0 Å². The molecule has 4 nitrogen and oxygen atoms in total. The van der Waals surface area contributed by atoms with Gasteiger partial charge in [0.1, 0.15) is 6.61 Å². The highest BCUT2D eigenvalue weighted by atomic mass is 79.9. The second kappa shape index (κ2) is 7.13. The zero-order valence-corrected chi connectivity index (χ0v) is 13.3. The highest BCUT2D eigenvalue weighted by Crippen LogP contribution is 2.31. The fourth-order valence-electron chi connectivity index (χ4n) is 1.91. The van der Waals surface area contributed by atoms with Gasteiger partial charge < -0.3 is 14.2 Å². The third-order valence-electron chi connectivity index (χ3n) is 2.90. The molecule has 0 aliphatic heterocycles. The molecular weight excluding hydrogens is 336 g/mol. The van der Waals surface area contributed by atoms with Crippen LogP contribution in [-0.4, -0.2) is 20.2 Å². The monoisotopic (exact) mass is 350 g/mol. The lowest BCUT2D eigenvalue weighted by atomic mass is 10.2. The summed E-state index contributed by atoms with van der Waals surface area (Å²) in [4.78, 5) is 12.0. The smallest absolute Gasteiger partial charge is 0.338 e. The largest absolute Gasteiger partial charge is 0.493 e. The molecule has 0 amide bonds. The van der Waals surface area contributed by atoms with Gasteiger partial charge >= 0.3 is 5.97 Å². The van der Waals surface area contributed by atoms with Crippen molar-refractivity contribution < 1.29 is 19.0 Å². The molecule has 0 N–H and O–H groups in total. The van der Waals surface area contributed by atoms with Crippen LogP contribution in [0.15, 0.2) is 46.9 Å². The Morgan fingerprint density at radius 2 is 1.86 bits per heavy atom. The molecule has 2 aromatic carbocycles. The number of rotatable bonds is 5. The number of carbonyl (C=O) groups is 1. The maximum Gasteiger partial charge on any atom is 0.338 e. The average Bonchev–Trinajstić information content (AvgIpc) is 2.51. The van der Waals surface area contributed by atoms with Gasteiger partial charge in [-0.15, -0.1) is 0 Å². The number of para-hydroxylation sites is 1. The van der Waals surface area contributed by atoms with Gasteiger partial charge in [0.25, 0.3) is 0 Å². The summed E-state index contributed by atoms with van der Waals surface area (Å²) in [6.07, 6.45) is 0. The molecule has 21 heavy (non-hydrogen) atoms. The quantitative estimate of drug-likeness (QED) is 0.769. The first-order valence-electron chi connectivity index (χ1n) is 6.28. The second-order valence-corrected chi connectivity index (χ2v) is 5.15. The summed E-state index contributed by atoms with van der Waals surface area (Å²) in [7, 11) is 3.12. The van der Waals surface area contributed by atoms with E-state index < -0.39 is 0 Å². The maximum atomic E-state index is 12.0. The summed E-state index contributed by atoms with van der Waals surface area (Å²) in [5.74, 6) is 0.789. The topological polar surface area (TPSA) is 44.8 Å². The van der Waals surface area contributed by atoms with Crippen LogP contribution in [0.3, 0.4) is 0 Å². The van der Waals surface area contributed by atoms with E-state index in [-0.39, 0.29) is 12.6 Å². The lowest BCUT2D eigenvalue weighted by Crippen LogP contribution is -2.06. The Labute approximate surface area is 131 Å². The van der Waals surface area contributed by atoms with Gasteiger partial charge in [0, 0.05) is 10.0 Å². The van der Waals surface area contributed by atoms with Crippen molar-refractivity contribution in [2.45, 2.75) is 6.61 Å². The number of hydrogen-bond acceptors (Lipinski definition) is 4. The molecule has 0 radical (unpaired) electrons. The number of esters is 1. The lowest BCUT2D eigenvalue weighted by molar-refractivity contribution is 0.0469. The molecule has 2 rings (SSSR count). The fraction of sp³-hybridized carbons (Fsp3) is 0.188. The number of halogens is 1. The van der Waals surface area contributed by atoms with Crippen molar-refractivity contribution in [1.82, 2.24) is 0 Å².